The minimum atomic E-state index is -2.94. The molecule has 0 aliphatic heterocycles. The van der Waals surface area contributed by atoms with Crippen LogP contribution in [0.25, 0.3) is 0 Å². The van der Waals surface area contributed by atoms with Crippen LogP contribution in [-0.2, 0) is 16.3 Å². The molecular weight excluding hydrogens is 238 g/mol. The molecule has 2 N–H and O–H groups in total. The van der Waals surface area contributed by atoms with Gasteiger partial charge in [0.1, 0.15) is 9.84 Å². The van der Waals surface area contributed by atoms with Crippen molar-refractivity contribution < 1.29 is 13.5 Å². The van der Waals surface area contributed by atoms with E-state index in [0.717, 1.165) is 5.56 Å². The maximum atomic E-state index is 11.0. The monoisotopic (exact) mass is 257 g/mol. The Morgan fingerprint density at radius 1 is 1.29 bits per heavy atom. The van der Waals surface area contributed by atoms with Crippen LogP contribution in [-0.4, -0.2) is 44.7 Å². The zero-order valence-electron chi connectivity index (χ0n) is 9.96. The van der Waals surface area contributed by atoms with E-state index in [9.17, 15) is 13.5 Å². The zero-order valence-corrected chi connectivity index (χ0v) is 10.8. The molecule has 0 saturated heterocycles. The highest BCUT2D eigenvalue weighted by Gasteiger charge is 2.09. The molecule has 0 saturated carbocycles. The average Bonchev–Trinajstić information content (AvgIpc) is 2.27. The van der Waals surface area contributed by atoms with Gasteiger partial charge in [0.2, 0.25) is 0 Å². The number of aliphatic hydroxyl groups excluding tert-OH is 1. The molecule has 17 heavy (non-hydrogen) atoms. The Kier molecular flexibility index (Phi) is 5.61. The van der Waals surface area contributed by atoms with Gasteiger partial charge >= 0.3 is 0 Å². The van der Waals surface area contributed by atoms with E-state index in [2.05, 4.69) is 5.32 Å². The van der Waals surface area contributed by atoms with Gasteiger partial charge in [-0.15, -0.1) is 0 Å². The molecule has 0 amide bonds. The van der Waals surface area contributed by atoms with Crippen molar-refractivity contribution in [3.63, 3.8) is 0 Å². The van der Waals surface area contributed by atoms with Crippen LogP contribution in [0.4, 0.5) is 0 Å². The summed E-state index contributed by atoms with van der Waals surface area (Å²) in [5, 5.41) is 12.3. The van der Waals surface area contributed by atoms with Gasteiger partial charge in [-0.2, -0.15) is 0 Å². The van der Waals surface area contributed by atoms with Crippen molar-refractivity contribution in [1.29, 1.82) is 0 Å². The minimum absolute atomic E-state index is 0.00133. The second-order valence-electron chi connectivity index (χ2n) is 4.15. The lowest BCUT2D eigenvalue weighted by Crippen LogP contribution is -2.37. The highest BCUT2D eigenvalue weighted by Crippen LogP contribution is 2.02. The molecule has 0 aliphatic carbocycles. The Morgan fingerprint density at radius 2 is 1.94 bits per heavy atom. The maximum absolute atomic E-state index is 11.0. The third-order valence-electron chi connectivity index (χ3n) is 2.45. The fraction of sp³-hybridized carbons (Fsp3) is 0.500. The van der Waals surface area contributed by atoms with Crippen LogP contribution in [0.3, 0.4) is 0 Å². The second-order valence-corrected chi connectivity index (χ2v) is 6.41. The summed E-state index contributed by atoms with van der Waals surface area (Å²) < 4.78 is 21.9. The van der Waals surface area contributed by atoms with E-state index in [1.807, 2.05) is 30.3 Å². The van der Waals surface area contributed by atoms with Gasteiger partial charge in [0.15, 0.2) is 0 Å². The summed E-state index contributed by atoms with van der Waals surface area (Å²) in [7, 11) is -2.94. The standard InChI is InChI=1S/C12H19NO3S/c1-17(15,16)8-7-13-12(10-14)9-11-5-3-2-4-6-11/h2-6,12-14H,7-10H2,1H3. The van der Waals surface area contributed by atoms with Gasteiger partial charge in [0.05, 0.1) is 12.4 Å². The summed E-state index contributed by atoms with van der Waals surface area (Å²) in [4.78, 5) is 0. The molecule has 4 nitrogen and oxygen atoms in total. The molecule has 5 heteroatoms. The van der Waals surface area contributed by atoms with Crippen molar-refractivity contribution in [3.8, 4) is 0 Å². The smallest absolute Gasteiger partial charge is 0.148 e. The molecule has 0 heterocycles. The lowest BCUT2D eigenvalue weighted by atomic mass is 10.1. The Morgan fingerprint density at radius 3 is 2.47 bits per heavy atom. The molecule has 0 aliphatic rings. The number of hydrogen-bond acceptors (Lipinski definition) is 4. The molecule has 0 fully saturated rings. The van der Waals surface area contributed by atoms with Crippen molar-refractivity contribution >= 4 is 9.84 Å². The lowest BCUT2D eigenvalue weighted by Gasteiger charge is -2.15. The normalized spacial score (nSPS) is 13.5. The summed E-state index contributed by atoms with van der Waals surface area (Å²) in [5.74, 6) is 0.0955. The number of benzene rings is 1. The molecule has 1 atom stereocenters. The molecule has 1 rings (SSSR count). The molecule has 0 bridgehead atoms. The number of hydrogen-bond donors (Lipinski definition) is 2. The van der Waals surface area contributed by atoms with Crippen molar-refractivity contribution in [2.24, 2.45) is 0 Å². The van der Waals surface area contributed by atoms with E-state index in [1.54, 1.807) is 0 Å². The van der Waals surface area contributed by atoms with Gasteiger partial charge in [0, 0.05) is 18.8 Å². The third-order valence-corrected chi connectivity index (χ3v) is 3.40. The largest absolute Gasteiger partial charge is 0.395 e. The average molecular weight is 257 g/mol. The summed E-state index contributed by atoms with van der Waals surface area (Å²) in [6, 6.07) is 9.70. The predicted octanol–water partition coefficient (Wildman–Crippen LogP) is 0.224. The molecule has 1 unspecified atom stereocenters. The first-order chi connectivity index (χ1) is 8.01. The maximum Gasteiger partial charge on any atom is 0.148 e. The summed E-state index contributed by atoms with van der Waals surface area (Å²) in [5.41, 5.74) is 1.12. The van der Waals surface area contributed by atoms with Gasteiger partial charge in [-0.25, -0.2) is 8.42 Å². The van der Waals surface area contributed by atoms with E-state index >= 15 is 0 Å². The molecule has 0 radical (unpaired) electrons. The van der Waals surface area contributed by atoms with Gasteiger partial charge in [-0.1, -0.05) is 30.3 Å². The fourth-order valence-electron chi connectivity index (χ4n) is 1.55. The highest BCUT2D eigenvalue weighted by molar-refractivity contribution is 7.90. The number of rotatable bonds is 7. The molecule has 0 aromatic heterocycles. The molecule has 1 aromatic carbocycles. The zero-order chi connectivity index (χ0) is 12.7. The first-order valence-corrected chi connectivity index (χ1v) is 7.63. The molecule has 0 spiro atoms. The van der Waals surface area contributed by atoms with E-state index < -0.39 is 9.84 Å². The summed E-state index contributed by atoms with van der Waals surface area (Å²) in [6.07, 6.45) is 1.90. The van der Waals surface area contributed by atoms with E-state index in [0.29, 0.717) is 13.0 Å². The Hall–Kier alpha value is -0.910. The van der Waals surface area contributed by atoms with Crippen LogP contribution >= 0.6 is 0 Å². The summed E-state index contributed by atoms with van der Waals surface area (Å²) in [6.45, 7) is 0.371. The topological polar surface area (TPSA) is 66.4 Å². The second kappa shape index (κ2) is 6.74. The minimum Gasteiger partial charge on any atom is -0.395 e. The molecule has 96 valence electrons. The number of sulfone groups is 1. The number of aliphatic hydroxyl groups is 1. The van der Waals surface area contributed by atoms with Gasteiger partial charge in [-0.05, 0) is 12.0 Å². The van der Waals surface area contributed by atoms with E-state index in [4.69, 9.17) is 0 Å². The molecular formula is C12H19NO3S. The Balaban J connectivity index is 2.39. The SMILES string of the molecule is CS(=O)(=O)CCNC(CO)Cc1ccccc1. The van der Waals surface area contributed by atoms with Gasteiger partial charge in [-0.3, -0.25) is 0 Å². The Labute approximate surface area is 103 Å². The van der Waals surface area contributed by atoms with Crippen LogP contribution in [0, 0.1) is 0 Å². The molecule has 1 aromatic rings. The first-order valence-electron chi connectivity index (χ1n) is 5.57. The van der Waals surface area contributed by atoms with Crippen molar-refractivity contribution in [3.05, 3.63) is 35.9 Å². The van der Waals surface area contributed by atoms with Crippen LogP contribution < -0.4 is 5.32 Å². The van der Waals surface area contributed by atoms with E-state index in [1.165, 1.54) is 6.26 Å². The van der Waals surface area contributed by atoms with Crippen molar-refractivity contribution in [1.82, 2.24) is 5.32 Å². The quantitative estimate of drug-likeness (QED) is 0.733. The van der Waals surface area contributed by atoms with Gasteiger partial charge in [0.25, 0.3) is 0 Å². The Bertz CT molecular complexity index is 417. The van der Waals surface area contributed by atoms with Crippen LogP contribution in [0.2, 0.25) is 0 Å². The predicted molar refractivity (Wildman–Crippen MR) is 68.7 cm³/mol. The van der Waals surface area contributed by atoms with Crippen molar-refractivity contribution in [2.45, 2.75) is 12.5 Å². The highest BCUT2D eigenvalue weighted by atomic mass is 32.2. The lowest BCUT2D eigenvalue weighted by molar-refractivity contribution is 0.243. The van der Waals surface area contributed by atoms with Gasteiger partial charge < -0.3 is 10.4 Å². The van der Waals surface area contributed by atoms with E-state index in [-0.39, 0.29) is 18.4 Å². The fourth-order valence-corrected chi connectivity index (χ4v) is 2.04. The van der Waals surface area contributed by atoms with Crippen molar-refractivity contribution in [2.75, 3.05) is 25.2 Å². The number of nitrogens with one attached hydrogen (secondary N) is 1. The summed E-state index contributed by atoms with van der Waals surface area (Å²) >= 11 is 0. The first kappa shape index (κ1) is 14.2. The van der Waals surface area contributed by atoms with Crippen LogP contribution in [0.1, 0.15) is 5.56 Å². The van der Waals surface area contributed by atoms with Crippen LogP contribution in [0.5, 0.6) is 0 Å². The van der Waals surface area contributed by atoms with Crippen LogP contribution in [0.15, 0.2) is 30.3 Å². The third kappa shape index (κ3) is 6.41.